The molecule has 2 rings (SSSR count). The Bertz CT molecular complexity index is 849. The van der Waals surface area contributed by atoms with E-state index in [1.807, 2.05) is 0 Å². The lowest BCUT2D eigenvalue weighted by Crippen LogP contribution is -2.34. The van der Waals surface area contributed by atoms with Gasteiger partial charge in [-0.2, -0.15) is 13.2 Å². The maximum atomic E-state index is 12.8. The summed E-state index contributed by atoms with van der Waals surface area (Å²) in [5.41, 5.74) is 0.336. The third-order valence-electron chi connectivity index (χ3n) is 3.49. The van der Waals surface area contributed by atoms with Crippen LogP contribution < -0.4 is 4.31 Å². The summed E-state index contributed by atoms with van der Waals surface area (Å²) in [5.74, 6) is -0.261. The van der Waals surface area contributed by atoms with Crippen LogP contribution in [0.5, 0.6) is 11.5 Å². The molecule has 0 aliphatic heterocycles. The van der Waals surface area contributed by atoms with Gasteiger partial charge in [-0.25, -0.2) is 8.42 Å². The molecule has 0 amide bonds. The molecule has 0 saturated carbocycles. The Balaban J connectivity index is 2.49. The second kappa shape index (κ2) is 6.83. The Morgan fingerprint density at radius 3 is 2.16 bits per heavy atom. The van der Waals surface area contributed by atoms with Gasteiger partial charge in [-0.1, -0.05) is 0 Å². The molecule has 5 nitrogen and oxygen atoms in total. The molecule has 25 heavy (non-hydrogen) atoms. The third-order valence-corrected chi connectivity index (χ3v) is 5.33. The van der Waals surface area contributed by atoms with Crippen molar-refractivity contribution >= 4 is 15.7 Å². The average molecular weight is 375 g/mol. The molecule has 0 aromatic heterocycles. The van der Waals surface area contributed by atoms with Crippen LogP contribution >= 0.6 is 0 Å². The number of alkyl halides is 3. The highest BCUT2D eigenvalue weighted by atomic mass is 32.2. The van der Waals surface area contributed by atoms with E-state index in [0.29, 0.717) is 9.87 Å². The van der Waals surface area contributed by atoms with Crippen LogP contribution in [-0.2, 0) is 10.0 Å². The predicted molar refractivity (Wildman–Crippen MR) is 86.2 cm³/mol. The van der Waals surface area contributed by atoms with E-state index in [-0.39, 0.29) is 22.1 Å². The molecule has 0 saturated heterocycles. The van der Waals surface area contributed by atoms with E-state index in [1.54, 1.807) is 0 Å². The van der Waals surface area contributed by atoms with Crippen LogP contribution in [0.4, 0.5) is 18.9 Å². The second-order valence-electron chi connectivity index (χ2n) is 5.41. The Hall–Kier alpha value is -2.42. The summed E-state index contributed by atoms with van der Waals surface area (Å²) < 4.78 is 64.1. The molecule has 2 N–H and O–H groups in total. The van der Waals surface area contributed by atoms with Crippen molar-refractivity contribution in [2.45, 2.75) is 24.4 Å². The minimum Gasteiger partial charge on any atom is -0.508 e. The monoisotopic (exact) mass is 375 g/mol. The molecule has 0 fully saturated rings. The summed E-state index contributed by atoms with van der Waals surface area (Å²) in [4.78, 5) is -0.252. The van der Waals surface area contributed by atoms with Crippen LogP contribution in [0.3, 0.4) is 0 Å². The first-order valence-electron chi connectivity index (χ1n) is 7.19. The highest BCUT2D eigenvalue weighted by Gasteiger charge is 2.32. The summed E-state index contributed by atoms with van der Waals surface area (Å²) in [5, 5.41) is 18.8. The molecule has 2 aromatic carbocycles. The summed E-state index contributed by atoms with van der Waals surface area (Å²) in [6.07, 6.45) is -5.86. The maximum Gasteiger partial charge on any atom is 0.390 e. The van der Waals surface area contributed by atoms with Gasteiger partial charge in [0.2, 0.25) is 0 Å². The van der Waals surface area contributed by atoms with Crippen molar-refractivity contribution < 1.29 is 31.8 Å². The number of phenols is 2. The van der Waals surface area contributed by atoms with Gasteiger partial charge < -0.3 is 10.2 Å². The van der Waals surface area contributed by atoms with Crippen LogP contribution in [-0.4, -0.2) is 31.4 Å². The number of aryl methyl sites for hydroxylation is 1. The number of hydrogen-bond acceptors (Lipinski definition) is 4. The molecule has 2 aromatic rings. The van der Waals surface area contributed by atoms with E-state index in [2.05, 4.69) is 0 Å². The van der Waals surface area contributed by atoms with Crippen molar-refractivity contribution in [3.63, 3.8) is 0 Å². The molecule has 9 heteroatoms. The summed E-state index contributed by atoms with van der Waals surface area (Å²) in [7, 11) is -4.28. The van der Waals surface area contributed by atoms with Crippen molar-refractivity contribution in [1.82, 2.24) is 0 Å². The fraction of sp³-hybridized carbons (Fsp3) is 0.250. The minimum absolute atomic E-state index is 0.00706. The van der Waals surface area contributed by atoms with Gasteiger partial charge in [0.05, 0.1) is 17.0 Å². The van der Waals surface area contributed by atoms with Gasteiger partial charge in [-0.15, -0.1) is 0 Å². The molecular weight excluding hydrogens is 359 g/mol. The van der Waals surface area contributed by atoms with E-state index in [9.17, 15) is 31.8 Å². The van der Waals surface area contributed by atoms with Gasteiger partial charge in [0.15, 0.2) is 0 Å². The largest absolute Gasteiger partial charge is 0.508 e. The van der Waals surface area contributed by atoms with Crippen molar-refractivity contribution in [1.29, 1.82) is 0 Å². The molecule has 0 atom stereocenters. The molecule has 0 heterocycles. The van der Waals surface area contributed by atoms with Gasteiger partial charge in [0.1, 0.15) is 11.5 Å². The molecular formula is C16H16F3NO4S. The van der Waals surface area contributed by atoms with E-state index in [1.165, 1.54) is 25.1 Å². The van der Waals surface area contributed by atoms with Crippen molar-refractivity contribution in [3.8, 4) is 11.5 Å². The standard InChI is InChI=1S/C16H16F3NO4S/c1-11-10-12(2-7-15(11)22)20(9-8-16(17,18)19)25(23,24)14-5-3-13(21)4-6-14/h2-7,10,21-22H,8-9H2,1H3. The zero-order valence-corrected chi connectivity index (χ0v) is 14.0. The SMILES string of the molecule is Cc1cc(N(CCC(F)(F)F)S(=O)(=O)c2ccc(O)cc2)ccc1O. The van der Waals surface area contributed by atoms with Crippen LogP contribution in [0.15, 0.2) is 47.4 Å². The Kier molecular flexibility index (Phi) is 5.17. The highest BCUT2D eigenvalue weighted by molar-refractivity contribution is 7.92. The Labute approximate surface area is 143 Å². The number of hydrogen-bond donors (Lipinski definition) is 2. The Morgan fingerprint density at radius 1 is 1.04 bits per heavy atom. The number of aromatic hydroxyl groups is 2. The number of anilines is 1. The van der Waals surface area contributed by atoms with Gasteiger partial charge in [0, 0.05) is 6.54 Å². The molecule has 0 bridgehead atoms. The summed E-state index contributed by atoms with van der Waals surface area (Å²) >= 11 is 0. The van der Waals surface area contributed by atoms with E-state index in [4.69, 9.17) is 0 Å². The Morgan fingerprint density at radius 2 is 1.64 bits per heavy atom. The minimum atomic E-state index is -4.53. The number of nitrogens with zero attached hydrogens (tertiary/aromatic N) is 1. The van der Waals surface area contributed by atoms with Crippen molar-refractivity contribution in [2.24, 2.45) is 0 Å². The number of sulfonamides is 1. The van der Waals surface area contributed by atoms with Gasteiger partial charge in [-0.3, -0.25) is 4.31 Å². The normalized spacial score (nSPS) is 12.2. The zero-order valence-electron chi connectivity index (χ0n) is 13.2. The van der Waals surface area contributed by atoms with E-state index >= 15 is 0 Å². The smallest absolute Gasteiger partial charge is 0.390 e. The molecule has 0 unspecified atom stereocenters. The van der Waals surface area contributed by atoms with Gasteiger partial charge in [-0.05, 0) is 55.0 Å². The zero-order chi connectivity index (χ0) is 18.8. The molecule has 0 aliphatic carbocycles. The average Bonchev–Trinajstić information content (AvgIpc) is 2.50. The highest BCUT2D eigenvalue weighted by Crippen LogP contribution is 2.30. The maximum absolute atomic E-state index is 12.8. The van der Waals surface area contributed by atoms with E-state index < -0.39 is 29.2 Å². The van der Waals surface area contributed by atoms with Crippen LogP contribution in [0.1, 0.15) is 12.0 Å². The van der Waals surface area contributed by atoms with Crippen LogP contribution in [0.25, 0.3) is 0 Å². The van der Waals surface area contributed by atoms with Gasteiger partial charge >= 0.3 is 6.18 Å². The van der Waals surface area contributed by atoms with Crippen molar-refractivity contribution in [3.05, 3.63) is 48.0 Å². The first kappa shape index (κ1) is 18.9. The van der Waals surface area contributed by atoms with Gasteiger partial charge in [0.25, 0.3) is 10.0 Å². The van der Waals surface area contributed by atoms with Crippen molar-refractivity contribution in [2.75, 3.05) is 10.8 Å². The third kappa shape index (κ3) is 4.56. The topological polar surface area (TPSA) is 77.8 Å². The number of rotatable bonds is 5. The van der Waals surface area contributed by atoms with Crippen LogP contribution in [0.2, 0.25) is 0 Å². The number of phenolic OH excluding ortho intramolecular Hbond substituents is 2. The molecule has 0 aliphatic rings. The lowest BCUT2D eigenvalue weighted by molar-refractivity contribution is -0.131. The lowest BCUT2D eigenvalue weighted by atomic mass is 10.2. The second-order valence-corrected chi connectivity index (χ2v) is 7.27. The van der Waals surface area contributed by atoms with Crippen LogP contribution in [0, 0.1) is 6.92 Å². The fourth-order valence-electron chi connectivity index (χ4n) is 2.16. The number of halogens is 3. The van der Waals surface area contributed by atoms with E-state index in [0.717, 1.165) is 24.3 Å². The predicted octanol–water partition coefficient (Wildman–Crippen LogP) is 3.55. The molecule has 0 radical (unpaired) electrons. The fourth-order valence-corrected chi connectivity index (χ4v) is 3.61. The summed E-state index contributed by atoms with van der Waals surface area (Å²) in [6, 6.07) is 8.24. The first-order valence-corrected chi connectivity index (χ1v) is 8.63. The molecule has 136 valence electrons. The quantitative estimate of drug-likeness (QED) is 0.838. The molecule has 0 spiro atoms. The summed E-state index contributed by atoms with van der Waals surface area (Å²) in [6.45, 7) is 0.699. The number of benzene rings is 2. The first-order chi connectivity index (χ1) is 11.5. The lowest BCUT2D eigenvalue weighted by Gasteiger charge is -2.25.